The van der Waals surface area contributed by atoms with Crippen molar-refractivity contribution in [3.8, 4) is 0 Å². The minimum Gasteiger partial charge on any atom is -0.481 e. The van der Waals surface area contributed by atoms with E-state index in [0.717, 1.165) is 43.7 Å². The molecule has 0 spiro atoms. The number of aryl methyl sites for hydroxylation is 1. The maximum absolute atomic E-state index is 10.3. The number of rotatable bonds is 8. The summed E-state index contributed by atoms with van der Waals surface area (Å²) in [5.41, 5.74) is 0.907. The third-order valence-corrected chi connectivity index (χ3v) is 2.42. The molecule has 0 aliphatic carbocycles. The van der Waals surface area contributed by atoms with Crippen LogP contribution in [0.2, 0.25) is 0 Å². The lowest BCUT2D eigenvalue weighted by atomic mass is 10.1. The first-order valence-electron chi connectivity index (χ1n) is 5.94. The Balaban J connectivity index is 2.01. The molecule has 0 aromatic carbocycles. The molecule has 5 heteroatoms. The van der Waals surface area contributed by atoms with Crippen LogP contribution in [0.15, 0.2) is 12.1 Å². The summed E-state index contributed by atoms with van der Waals surface area (Å²) in [5, 5.41) is 19.6. The van der Waals surface area contributed by atoms with Gasteiger partial charge in [-0.1, -0.05) is 12.8 Å². The van der Waals surface area contributed by atoms with Gasteiger partial charge in [0.05, 0.1) is 5.69 Å². The highest BCUT2D eigenvalue weighted by atomic mass is 16.4. The number of anilines is 1. The predicted octanol–water partition coefficient (Wildman–Crippen LogP) is 2.23. The highest BCUT2D eigenvalue weighted by molar-refractivity contribution is 5.66. The van der Waals surface area contributed by atoms with Crippen LogP contribution in [0.5, 0.6) is 0 Å². The maximum Gasteiger partial charge on any atom is 0.303 e. The van der Waals surface area contributed by atoms with Gasteiger partial charge in [-0.3, -0.25) is 4.79 Å². The van der Waals surface area contributed by atoms with Crippen LogP contribution in [-0.2, 0) is 4.79 Å². The van der Waals surface area contributed by atoms with Crippen LogP contribution >= 0.6 is 0 Å². The van der Waals surface area contributed by atoms with Crippen LogP contribution in [0.25, 0.3) is 0 Å². The summed E-state index contributed by atoms with van der Waals surface area (Å²) in [7, 11) is 0. The third-order valence-electron chi connectivity index (χ3n) is 2.42. The Morgan fingerprint density at radius 3 is 2.65 bits per heavy atom. The largest absolute Gasteiger partial charge is 0.481 e. The molecule has 1 rings (SSSR count). The van der Waals surface area contributed by atoms with E-state index < -0.39 is 5.97 Å². The fourth-order valence-corrected chi connectivity index (χ4v) is 1.46. The summed E-state index contributed by atoms with van der Waals surface area (Å²) in [6.45, 7) is 2.75. The second-order valence-corrected chi connectivity index (χ2v) is 4.04. The molecule has 0 bridgehead atoms. The minimum atomic E-state index is -0.710. The lowest BCUT2D eigenvalue weighted by Gasteiger charge is -2.04. The van der Waals surface area contributed by atoms with Crippen LogP contribution in [-0.4, -0.2) is 27.8 Å². The van der Waals surface area contributed by atoms with E-state index in [9.17, 15) is 4.79 Å². The van der Waals surface area contributed by atoms with Crippen molar-refractivity contribution in [3.05, 3.63) is 17.8 Å². The van der Waals surface area contributed by atoms with Crippen molar-refractivity contribution in [1.82, 2.24) is 10.2 Å². The molecule has 0 radical (unpaired) electrons. The van der Waals surface area contributed by atoms with Crippen molar-refractivity contribution in [2.45, 2.75) is 39.0 Å². The Kier molecular flexibility index (Phi) is 5.99. The summed E-state index contributed by atoms with van der Waals surface area (Å²) in [6, 6.07) is 3.83. The van der Waals surface area contributed by atoms with Crippen molar-refractivity contribution in [2.24, 2.45) is 0 Å². The van der Waals surface area contributed by atoms with Gasteiger partial charge in [-0.15, -0.1) is 5.10 Å². The quantitative estimate of drug-likeness (QED) is 0.678. The molecule has 0 aliphatic rings. The van der Waals surface area contributed by atoms with Crippen LogP contribution in [0.4, 0.5) is 5.82 Å². The van der Waals surface area contributed by atoms with E-state index >= 15 is 0 Å². The summed E-state index contributed by atoms with van der Waals surface area (Å²) in [4.78, 5) is 10.3. The molecule has 0 unspecified atom stereocenters. The molecule has 0 fully saturated rings. The highest BCUT2D eigenvalue weighted by Crippen LogP contribution is 2.05. The first kappa shape index (κ1) is 13.4. The number of nitrogens with one attached hydrogen (secondary N) is 1. The minimum absolute atomic E-state index is 0.275. The fraction of sp³-hybridized carbons (Fsp3) is 0.583. The van der Waals surface area contributed by atoms with Gasteiger partial charge < -0.3 is 10.4 Å². The first-order valence-corrected chi connectivity index (χ1v) is 5.94. The number of carbonyl (C=O) groups is 1. The number of nitrogens with zero attached hydrogens (tertiary/aromatic N) is 2. The van der Waals surface area contributed by atoms with Crippen molar-refractivity contribution in [3.63, 3.8) is 0 Å². The summed E-state index contributed by atoms with van der Waals surface area (Å²) < 4.78 is 0. The number of carboxylic acids is 1. The van der Waals surface area contributed by atoms with Gasteiger partial charge in [0.1, 0.15) is 5.82 Å². The van der Waals surface area contributed by atoms with Gasteiger partial charge in [0.15, 0.2) is 0 Å². The van der Waals surface area contributed by atoms with Crippen LogP contribution in [0, 0.1) is 6.92 Å². The van der Waals surface area contributed by atoms with Crippen LogP contribution in [0.3, 0.4) is 0 Å². The van der Waals surface area contributed by atoms with Crippen molar-refractivity contribution in [1.29, 1.82) is 0 Å². The van der Waals surface area contributed by atoms with Gasteiger partial charge in [0, 0.05) is 13.0 Å². The second kappa shape index (κ2) is 7.60. The van der Waals surface area contributed by atoms with E-state index in [1.54, 1.807) is 0 Å². The average molecular weight is 237 g/mol. The number of hydrogen-bond donors (Lipinski definition) is 2. The molecule has 0 atom stereocenters. The normalized spacial score (nSPS) is 10.2. The number of unbranched alkanes of at least 4 members (excludes halogenated alkanes) is 3. The molecule has 94 valence electrons. The lowest BCUT2D eigenvalue weighted by molar-refractivity contribution is -0.137. The molecule has 1 heterocycles. The molecular weight excluding hydrogens is 218 g/mol. The zero-order chi connectivity index (χ0) is 12.5. The Bertz CT molecular complexity index is 338. The molecule has 1 aromatic heterocycles. The fourth-order valence-electron chi connectivity index (χ4n) is 1.46. The molecule has 0 saturated heterocycles. The highest BCUT2D eigenvalue weighted by Gasteiger charge is 1.97. The van der Waals surface area contributed by atoms with Crippen LogP contribution in [0.1, 0.15) is 37.8 Å². The van der Waals surface area contributed by atoms with Gasteiger partial charge in [-0.2, -0.15) is 5.10 Å². The molecule has 0 amide bonds. The van der Waals surface area contributed by atoms with E-state index in [2.05, 4.69) is 15.5 Å². The van der Waals surface area contributed by atoms with Gasteiger partial charge in [0.25, 0.3) is 0 Å². The Labute approximate surface area is 101 Å². The van der Waals surface area contributed by atoms with Crippen molar-refractivity contribution < 1.29 is 9.90 Å². The van der Waals surface area contributed by atoms with Gasteiger partial charge in [-0.25, -0.2) is 0 Å². The van der Waals surface area contributed by atoms with E-state index in [4.69, 9.17) is 5.11 Å². The second-order valence-electron chi connectivity index (χ2n) is 4.04. The average Bonchev–Trinajstić information content (AvgIpc) is 2.30. The smallest absolute Gasteiger partial charge is 0.303 e. The van der Waals surface area contributed by atoms with Gasteiger partial charge in [0.2, 0.25) is 0 Å². The summed E-state index contributed by atoms with van der Waals surface area (Å²) >= 11 is 0. The number of hydrogen-bond acceptors (Lipinski definition) is 4. The summed E-state index contributed by atoms with van der Waals surface area (Å²) in [5.74, 6) is 0.0826. The standard InChI is InChI=1S/C12H19N3O2/c1-10-7-8-11(15-14-10)13-9-5-3-2-4-6-12(16)17/h7-8H,2-6,9H2,1H3,(H,13,15)(H,16,17). The third kappa shape index (κ3) is 6.50. The van der Waals surface area contributed by atoms with E-state index in [1.165, 1.54) is 0 Å². The Morgan fingerprint density at radius 1 is 1.24 bits per heavy atom. The molecule has 0 saturated carbocycles. The molecule has 5 nitrogen and oxygen atoms in total. The van der Waals surface area contributed by atoms with Gasteiger partial charge in [-0.05, 0) is 31.9 Å². The Morgan fingerprint density at radius 2 is 2.00 bits per heavy atom. The zero-order valence-electron chi connectivity index (χ0n) is 10.1. The molecule has 0 aliphatic heterocycles. The molecule has 17 heavy (non-hydrogen) atoms. The number of aliphatic carboxylic acids is 1. The predicted molar refractivity (Wildman–Crippen MR) is 66.0 cm³/mol. The molecule has 2 N–H and O–H groups in total. The van der Waals surface area contributed by atoms with Crippen LogP contribution < -0.4 is 5.32 Å². The molecular formula is C12H19N3O2. The number of aromatic nitrogens is 2. The van der Waals surface area contributed by atoms with Crippen molar-refractivity contribution in [2.75, 3.05) is 11.9 Å². The van der Waals surface area contributed by atoms with Gasteiger partial charge >= 0.3 is 5.97 Å². The van der Waals surface area contributed by atoms with E-state index in [-0.39, 0.29) is 6.42 Å². The number of carboxylic acid groups (broad SMARTS) is 1. The zero-order valence-corrected chi connectivity index (χ0v) is 10.1. The molecule has 1 aromatic rings. The maximum atomic E-state index is 10.3. The monoisotopic (exact) mass is 237 g/mol. The summed E-state index contributed by atoms with van der Waals surface area (Å²) in [6.07, 6.45) is 4.07. The lowest BCUT2D eigenvalue weighted by Crippen LogP contribution is -2.04. The van der Waals surface area contributed by atoms with E-state index in [0.29, 0.717) is 0 Å². The Hall–Kier alpha value is -1.65. The van der Waals surface area contributed by atoms with E-state index in [1.807, 2.05) is 19.1 Å². The van der Waals surface area contributed by atoms with Crippen molar-refractivity contribution >= 4 is 11.8 Å². The topological polar surface area (TPSA) is 75.1 Å². The SMILES string of the molecule is Cc1ccc(NCCCCCCC(=O)O)nn1. The first-order chi connectivity index (χ1) is 8.18.